The number of amides is 1. The summed E-state index contributed by atoms with van der Waals surface area (Å²) in [5, 5.41) is 8.80. The molecule has 0 aromatic rings. The molecular formula is C12H19NO5. The smallest absolute Gasteiger partial charge is 0.305 e. The van der Waals surface area contributed by atoms with Crippen molar-refractivity contribution in [3.8, 4) is 0 Å². The molecule has 1 aliphatic heterocycles. The number of carbonyl (C=O) groups excluding carboxylic acids is 1. The topological polar surface area (TPSA) is 76.1 Å². The van der Waals surface area contributed by atoms with E-state index in [9.17, 15) is 9.59 Å². The van der Waals surface area contributed by atoms with Crippen molar-refractivity contribution in [2.75, 3.05) is 33.0 Å². The Bertz CT molecular complexity index is 316. The Morgan fingerprint density at radius 1 is 1.39 bits per heavy atom. The number of morpholine rings is 1. The monoisotopic (exact) mass is 257 g/mol. The quantitative estimate of drug-likeness (QED) is 0.731. The van der Waals surface area contributed by atoms with E-state index >= 15 is 0 Å². The molecule has 1 saturated carbocycles. The van der Waals surface area contributed by atoms with Crippen LogP contribution in [0, 0.1) is 5.92 Å². The summed E-state index contributed by atoms with van der Waals surface area (Å²) in [5.74, 6) is -0.426. The van der Waals surface area contributed by atoms with Gasteiger partial charge in [-0.05, 0) is 18.8 Å². The van der Waals surface area contributed by atoms with Crippen molar-refractivity contribution >= 4 is 11.9 Å². The van der Waals surface area contributed by atoms with E-state index < -0.39 is 5.97 Å². The molecule has 1 atom stereocenters. The van der Waals surface area contributed by atoms with Gasteiger partial charge in [-0.3, -0.25) is 9.59 Å². The molecular weight excluding hydrogens is 238 g/mol. The van der Waals surface area contributed by atoms with Crippen molar-refractivity contribution in [1.29, 1.82) is 0 Å². The third-order valence-corrected chi connectivity index (χ3v) is 3.23. The van der Waals surface area contributed by atoms with Gasteiger partial charge in [-0.2, -0.15) is 0 Å². The molecule has 2 aliphatic rings. The predicted octanol–water partition coefficient (Wildman–Crippen LogP) is 0.115. The highest BCUT2D eigenvalue weighted by molar-refractivity contribution is 5.79. The second-order valence-corrected chi connectivity index (χ2v) is 4.87. The molecule has 2 rings (SSSR count). The molecule has 1 saturated heterocycles. The van der Waals surface area contributed by atoms with E-state index in [1.54, 1.807) is 4.90 Å². The van der Waals surface area contributed by atoms with Gasteiger partial charge in [-0.25, -0.2) is 0 Å². The number of hydrogen-bond donors (Lipinski definition) is 1. The van der Waals surface area contributed by atoms with Gasteiger partial charge >= 0.3 is 5.97 Å². The van der Waals surface area contributed by atoms with Crippen LogP contribution in [0.3, 0.4) is 0 Å². The fourth-order valence-corrected chi connectivity index (χ4v) is 2.03. The summed E-state index contributed by atoms with van der Waals surface area (Å²) in [5.41, 5.74) is 0. The number of hydrogen-bond acceptors (Lipinski definition) is 4. The zero-order valence-electron chi connectivity index (χ0n) is 10.3. The molecule has 6 heteroatoms. The van der Waals surface area contributed by atoms with Gasteiger partial charge in [0.2, 0.25) is 5.91 Å². The van der Waals surface area contributed by atoms with Crippen molar-refractivity contribution in [3.63, 3.8) is 0 Å². The third-order valence-electron chi connectivity index (χ3n) is 3.23. The Morgan fingerprint density at radius 2 is 2.17 bits per heavy atom. The van der Waals surface area contributed by atoms with Gasteiger partial charge in [0.15, 0.2) is 0 Å². The Morgan fingerprint density at radius 3 is 2.83 bits per heavy atom. The second-order valence-electron chi connectivity index (χ2n) is 4.87. The molecule has 1 N–H and O–H groups in total. The predicted molar refractivity (Wildman–Crippen MR) is 62.1 cm³/mol. The molecule has 0 aromatic heterocycles. The van der Waals surface area contributed by atoms with Crippen LogP contribution in [0.2, 0.25) is 0 Å². The van der Waals surface area contributed by atoms with Crippen LogP contribution in [0.15, 0.2) is 0 Å². The largest absolute Gasteiger partial charge is 0.481 e. The molecule has 0 unspecified atom stereocenters. The van der Waals surface area contributed by atoms with Crippen molar-refractivity contribution in [3.05, 3.63) is 0 Å². The lowest BCUT2D eigenvalue weighted by Crippen LogP contribution is -2.50. The van der Waals surface area contributed by atoms with Crippen molar-refractivity contribution in [2.24, 2.45) is 5.92 Å². The zero-order chi connectivity index (χ0) is 13.0. The third kappa shape index (κ3) is 3.96. The number of aliphatic carboxylic acids is 1. The molecule has 0 aromatic carbocycles. The average molecular weight is 257 g/mol. The molecule has 18 heavy (non-hydrogen) atoms. The van der Waals surface area contributed by atoms with Gasteiger partial charge in [0.25, 0.3) is 0 Å². The standard InChI is InChI=1S/C12H19NO5/c14-11(8-18-6-9-1-2-9)13-3-4-17-7-10(13)5-12(15)16/h9-10H,1-8H2,(H,15,16)/t10-/m1/s1. The molecule has 0 bridgehead atoms. The summed E-state index contributed by atoms with van der Waals surface area (Å²) in [4.78, 5) is 24.2. The number of carboxylic acids is 1. The van der Waals surface area contributed by atoms with Gasteiger partial charge < -0.3 is 19.5 Å². The zero-order valence-corrected chi connectivity index (χ0v) is 10.3. The summed E-state index contributed by atoms with van der Waals surface area (Å²) in [6, 6.07) is -0.367. The average Bonchev–Trinajstić information content (AvgIpc) is 3.13. The first kappa shape index (κ1) is 13.3. The number of ether oxygens (including phenoxy) is 2. The summed E-state index contributed by atoms with van der Waals surface area (Å²) in [7, 11) is 0. The first-order valence-corrected chi connectivity index (χ1v) is 6.33. The molecule has 2 fully saturated rings. The summed E-state index contributed by atoms with van der Waals surface area (Å²) < 4.78 is 10.6. The van der Waals surface area contributed by atoms with Crippen molar-refractivity contribution in [2.45, 2.75) is 25.3 Å². The maximum Gasteiger partial charge on any atom is 0.305 e. The summed E-state index contributed by atoms with van der Waals surface area (Å²) in [6.07, 6.45) is 2.30. The van der Waals surface area contributed by atoms with E-state index in [1.807, 2.05) is 0 Å². The number of rotatable bonds is 6. The van der Waals surface area contributed by atoms with Crippen LogP contribution in [-0.2, 0) is 19.1 Å². The van der Waals surface area contributed by atoms with Gasteiger partial charge in [-0.15, -0.1) is 0 Å². The molecule has 1 aliphatic carbocycles. The van der Waals surface area contributed by atoms with Crippen LogP contribution in [0.1, 0.15) is 19.3 Å². The van der Waals surface area contributed by atoms with Crippen molar-refractivity contribution in [1.82, 2.24) is 4.90 Å². The van der Waals surface area contributed by atoms with E-state index in [2.05, 4.69) is 0 Å². The number of carboxylic acid groups (broad SMARTS) is 1. The minimum atomic E-state index is -0.915. The highest BCUT2D eigenvalue weighted by Gasteiger charge is 2.29. The minimum Gasteiger partial charge on any atom is -0.481 e. The first-order valence-electron chi connectivity index (χ1n) is 6.33. The lowest BCUT2D eigenvalue weighted by molar-refractivity contribution is -0.149. The number of carbonyl (C=O) groups is 2. The van der Waals surface area contributed by atoms with Gasteiger partial charge in [0.1, 0.15) is 6.61 Å². The first-order chi connectivity index (χ1) is 8.66. The lowest BCUT2D eigenvalue weighted by Gasteiger charge is -2.34. The van der Waals surface area contributed by atoms with Gasteiger partial charge in [0, 0.05) is 6.54 Å². The highest BCUT2D eigenvalue weighted by atomic mass is 16.5. The normalized spacial score (nSPS) is 24.0. The van der Waals surface area contributed by atoms with E-state index in [0.29, 0.717) is 32.3 Å². The maximum absolute atomic E-state index is 11.9. The summed E-state index contributed by atoms with van der Waals surface area (Å²) in [6.45, 7) is 1.89. The maximum atomic E-state index is 11.9. The molecule has 1 heterocycles. The Balaban J connectivity index is 1.78. The van der Waals surface area contributed by atoms with E-state index in [4.69, 9.17) is 14.6 Å². The summed E-state index contributed by atoms with van der Waals surface area (Å²) >= 11 is 0. The molecule has 102 valence electrons. The molecule has 1 amide bonds. The fourth-order valence-electron chi connectivity index (χ4n) is 2.03. The Kier molecular flexibility index (Phi) is 4.54. The molecule has 0 spiro atoms. The second kappa shape index (κ2) is 6.15. The Labute approximate surface area is 106 Å². The SMILES string of the molecule is O=C(O)C[C@@H]1COCCN1C(=O)COCC1CC1. The lowest BCUT2D eigenvalue weighted by atomic mass is 10.1. The molecule has 6 nitrogen and oxygen atoms in total. The van der Waals surface area contributed by atoms with Crippen LogP contribution in [0.5, 0.6) is 0 Å². The van der Waals surface area contributed by atoms with Gasteiger partial charge in [0.05, 0.1) is 32.3 Å². The molecule has 0 radical (unpaired) electrons. The van der Waals surface area contributed by atoms with Crippen LogP contribution in [0.4, 0.5) is 0 Å². The van der Waals surface area contributed by atoms with Gasteiger partial charge in [-0.1, -0.05) is 0 Å². The Hall–Kier alpha value is -1.14. The fraction of sp³-hybridized carbons (Fsp3) is 0.833. The van der Waals surface area contributed by atoms with Crippen LogP contribution >= 0.6 is 0 Å². The van der Waals surface area contributed by atoms with E-state index in [-0.39, 0.29) is 25.0 Å². The van der Waals surface area contributed by atoms with E-state index in [1.165, 1.54) is 12.8 Å². The van der Waals surface area contributed by atoms with Crippen molar-refractivity contribution < 1.29 is 24.2 Å². The van der Waals surface area contributed by atoms with E-state index in [0.717, 1.165) is 0 Å². The highest BCUT2D eigenvalue weighted by Crippen LogP contribution is 2.28. The van der Waals surface area contributed by atoms with Crippen LogP contribution in [0.25, 0.3) is 0 Å². The van der Waals surface area contributed by atoms with Crippen LogP contribution < -0.4 is 0 Å². The van der Waals surface area contributed by atoms with Crippen LogP contribution in [-0.4, -0.2) is 60.9 Å². The number of nitrogens with zero attached hydrogens (tertiary/aromatic N) is 1. The minimum absolute atomic E-state index is 0.0482.